The minimum absolute atomic E-state index is 0.00971. The Balaban J connectivity index is 1.75. The first-order valence-electron chi connectivity index (χ1n) is 6.88. The molecule has 0 amide bonds. The van der Waals surface area contributed by atoms with Gasteiger partial charge in [0, 0.05) is 12.0 Å². The van der Waals surface area contributed by atoms with Crippen molar-refractivity contribution in [1.82, 2.24) is 0 Å². The zero-order valence-electron chi connectivity index (χ0n) is 12.0. The Kier molecular flexibility index (Phi) is 5.21. The van der Waals surface area contributed by atoms with Crippen LogP contribution in [0.2, 0.25) is 0 Å². The molecule has 0 spiro atoms. The Bertz CT molecular complexity index is 596. The van der Waals surface area contributed by atoms with E-state index in [4.69, 9.17) is 15.2 Å². The molecule has 0 radical (unpaired) electrons. The quantitative estimate of drug-likeness (QED) is 0.481. The van der Waals surface area contributed by atoms with E-state index in [2.05, 4.69) is 0 Å². The molecular formula is C17H19NO3. The third kappa shape index (κ3) is 4.53. The number of Topliss-reactive ketones (excluding diaryl/α,β-unsaturated/α-hetero) is 1. The van der Waals surface area contributed by atoms with Crippen molar-refractivity contribution in [3.63, 3.8) is 0 Å². The molecule has 0 bridgehead atoms. The number of ether oxygens (including phenoxy) is 2. The minimum Gasteiger partial charge on any atom is -0.493 e. The number of anilines is 1. The first kappa shape index (κ1) is 14.9. The lowest BCUT2D eigenvalue weighted by atomic mass is 10.1. The summed E-state index contributed by atoms with van der Waals surface area (Å²) in [6.07, 6.45) is 0.753. The first-order chi connectivity index (χ1) is 10.2. The molecule has 0 fully saturated rings. The maximum atomic E-state index is 11.2. The summed E-state index contributed by atoms with van der Waals surface area (Å²) < 4.78 is 11.2. The molecule has 0 saturated heterocycles. The monoisotopic (exact) mass is 285 g/mol. The average Bonchev–Trinajstić information content (AvgIpc) is 2.49. The molecule has 110 valence electrons. The van der Waals surface area contributed by atoms with Crippen LogP contribution >= 0.6 is 0 Å². The van der Waals surface area contributed by atoms with Crippen molar-refractivity contribution in [1.29, 1.82) is 0 Å². The van der Waals surface area contributed by atoms with Crippen LogP contribution in [0.5, 0.6) is 11.5 Å². The smallest absolute Gasteiger partial charge is 0.159 e. The fourth-order valence-electron chi connectivity index (χ4n) is 1.85. The summed E-state index contributed by atoms with van der Waals surface area (Å²) >= 11 is 0. The predicted molar refractivity (Wildman–Crippen MR) is 82.9 cm³/mol. The van der Waals surface area contributed by atoms with E-state index in [1.54, 1.807) is 18.2 Å². The van der Waals surface area contributed by atoms with Gasteiger partial charge in [0.1, 0.15) is 11.5 Å². The Morgan fingerprint density at radius 2 is 1.76 bits per heavy atom. The maximum absolute atomic E-state index is 11.2. The van der Waals surface area contributed by atoms with Gasteiger partial charge in [-0.1, -0.05) is 18.2 Å². The van der Waals surface area contributed by atoms with Crippen LogP contribution in [0.1, 0.15) is 23.7 Å². The second-order valence-electron chi connectivity index (χ2n) is 4.67. The number of rotatable bonds is 7. The molecule has 0 aromatic heterocycles. The first-order valence-corrected chi connectivity index (χ1v) is 6.88. The molecule has 4 nitrogen and oxygen atoms in total. The number of ketones is 1. The van der Waals surface area contributed by atoms with Crippen molar-refractivity contribution >= 4 is 11.5 Å². The van der Waals surface area contributed by atoms with E-state index in [0.29, 0.717) is 30.2 Å². The van der Waals surface area contributed by atoms with Gasteiger partial charge in [0.15, 0.2) is 5.78 Å². The molecule has 0 saturated carbocycles. The molecule has 2 rings (SSSR count). The number of nitrogen functional groups attached to an aromatic ring is 1. The molecule has 0 aliphatic heterocycles. The van der Waals surface area contributed by atoms with Crippen LogP contribution in [0, 0.1) is 0 Å². The third-order valence-corrected chi connectivity index (χ3v) is 2.97. The molecule has 2 aromatic carbocycles. The molecule has 2 aromatic rings. The van der Waals surface area contributed by atoms with Crippen molar-refractivity contribution in [3.05, 3.63) is 54.1 Å². The lowest BCUT2D eigenvalue weighted by molar-refractivity contribution is 0.101. The lowest BCUT2D eigenvalue weighted by Crippen LogP contribution is -2.06. The second kappa shape index (κ2) is 7.33. The second-order valence-corrected chi connectivity index (χ2v) is 4.67. The molecule has 2 N–H and O–H groups in total. The summed E-state index contributed by atoms with van der Waals surface area (Å²) in [5.74, 6) is 1.44. The maximum Gasteiger partial charge on any atom is 0.159 e. The van der Waals surface area contributed by atoms with Gasteiger partial charge >= 0.3 is 0 Å². The molecule has 0 unspecified atom stereocenters. The number of hydrogen-bond donors (Lipinski definition) is 1. The highest BCUT2D eigenvalue weighted by molar-refractivity contribution is 5.95. The molecular weight excluding hydrogens is 266 g/mol. The summed E-state index contributed by atoms with van der Waals surface area (Å²) in [5, 5.41) is 0. The van der Waals surface area contributed by atoms with Gasteiger partial charge in [-0.15, -0.1) is 0 Å². The van der Waals surface area contributed by atoms with Crippen LogP contribution in [0.4, 0.5) is 5.69 Å². The van der Waals surface area contributed by atoms with E-state index in [0.717, 1.165) is 12.2 Å². The summed E-state index contributed by atoms with van der Waals surface area (Å²) in [6.45, 7) is 2.60. The number of carbonyl (C=O) groups is 1. The van der Waals surface area contributed by atoms with Gasteiger partial charge in [0.25, 0.3) is 0 Å². The third-order valence-electron chi connectivity index (χ3n) is 2.97. The van der Waals surface area contributed by atoms with Gasteiger partial charge in [-0.2, -0.15) is 0 Å². The van der Waals surface area contributed by atoms with E-state index in [-0.39, 0.29) is 5.78 Å². The summed E-state index contributed by atoms with van der Waals surface area (Å²) in [7, 11) is 0. The molecule has 0 atom stereocenters. The number of carbonyl (C=O) groups excluding carboxylic acids is 1. The lowest BCUT2D eigenvalue weighted by Gasteiger charge is -2.10. The van der Waals surface area contributed by atoms with Gasteiger partial charge in [-0.25, -0.2) is 0 Å². The van der Waals surface area contributed by atoms with Gasteiger partial charge in [-0.3, -0.25) is 4.79 Å². The van der Waals surface area contributed by atoms with Gasteiger partial charge in [0.2, 0.25) is 0 Å². The molecule has 4 heteroatoms. The zero-order valence-corrected chi connectivity index (χ0v) is 12.0. The fourth-order valence-corrected chi connectivity index (χ4v) is 1.85. The van der Waals surface area contributed by atoms with Crippen LogP contribution in [0.25, 0.3) is 0 Å². The summed E-state index contributed by atoms with van der Waals surface area (Å²) in [4.78, 5) is 11.2. The van der Waals surface area contributed by atoms with E-state index in [9.17, 15) is 4.79 Å². The predicted octanol–water partition coefficient (Wildman–Crippen LogP) is 3.32. The van der Waals surface area contributed by atoms with Crippen molar-refractivity contribution in [3.8, 4) is 11.5 Å². The normalized spacial score (nSPS) is 10.1. The van der Waals surface area contributed by atoms with Crippen LogP contribution < -0.4 is 15.2 Å². The molecule has 21 heavy (non-hydrogen) atoms. The van der Waals surface area contributed by atoms with Crippen molar-refractivity contribution < 1.29 is 14.3 Å². The van der Waals surface area contributed by atoms with Crippen molar-refractivity contribution in [2.45, 2.75) is 13.3 Å². The number of para-hydroxylation sites is 1. The van der Waals surface area contributed by atoms with Crippen LogP contribution in [0.15, 0.2) is 48.5 Å². The van der Waals surface area contributed by atoms with E-state index >= 15 is 0 Å². The Morgan fingerprint density at radius 1 is 1.05 bits per heavy atom. The summed E-state index contributed by atoms with van der Waals surface area (Å²) in [6, 6.07) is 14.7. The standard InChI is InChI=1S/C17H19NO3/c1-13(19)14-8-9-17(16(18)12-14)21-11-5-10-20-15-6-3-2-4-7-15/h2-4,6-9,12H,5,10-11,18H2,1H3. The SMILES string of the molecule is CC(=O)c1ccc(OCCCOc2ccccc2)c(N)c1. The molecule has 0 aliphatic carbocycles. The van der Waals surface area contributed by atoms with Crippen LogP contribution in [0.3, 0.4) is 0 Å². The van der Waals surface area contributed by atoms with Crippen molar-refractivity contribution in [2.24, 2.45) is 0 Å². The summed E-state index contributed by atoms with van der Waals surface area (Å²) in [5.41, 5.74) is 6.92. The number of hydrogen-bond acceptors (Lipinski definition) is 4. The highest BCUT2D eigenvalue weighted by Crippen LogP contribution is 2.22. The largest absolute Gasteiger partial charge is 0.493 e. The van der Waals surface area contributed by atoms with Gasteiger partial charge < -0.3 is 15.2 Å². The fraction of sp³-hybridized carbons (Fsp3) is 0.235. The van der Waals surface area contributed by atoms with Crippen LogP contribution in [-0.4, -0.2) is 19.0 Å². The minimum atomic E-state index is -0.00971. The molecule has 0 aliphatic rings. The van der Waals surface area contributed by atoms with Gasteiger partial charge in [-0.05, 0) is 37.3 Å². The number of benzene rings is 2. The topological polar surface area (TPSA) is 61.5 Å². The highest BCUT2D eigenvalue weighted by atomic mass is 16.5. The highest BCUT2D eigenvalue weighted by Gasteiger charge is 2.05. The Labute approximate surface area is 124 Å². The Hall–Kier alpha value is -2.49. The Morgan fingerprint density at radius 3 is 2.43 bits per heavy atom. The van der Waals surface area contributed by atoms with Crippen molar-refractivity contribution in [2.75, 3.05) is 18.9 Å². The van der Waals surface area contributed by atoms with E-state index in [1.165, 1.54) is 6.92 Å². The van der Waals surface area contributed by atoms with E-state index in [1.807, 2.05) is 30.3 Å². The van der Waals surface area contributed by atoms with Crippen LogP contribution in [-0.2, 0) is 0 Å². The van der Waals surface area contributed by atoms with Gasteiger partial charge in [0.05, 0.1) is 18.9 Å². The number of nitrogens with two attached hydrogens (primary N) is 1. The van der Waals surface area contributed by atoms with E-state index < -0.39 is 0 Å². The average molecular weight is 285 g/mol. The molecule has 0 heterocycles. The zero-order chi connectivity index (χ0) is 15.1.